The van der Waals surface area contributed by atoms with Gasteiger partial charge in [-0.05, 0) is 56.7 Å². The van der Waals surface area contributed by atoms with Crippen molar-refractivity contribution in [2.24, 2.45) is 5.92 Å². The monoisotopic (exact) mass is 529 g/mol. The molecule has 0 bridgehead atoms. The number of carbonyl (C=O) groups excluding carboxylic acids is 2. The molecule has 2 amide bonds. The predicted octanol–water partition coefficient (Wildman–Crippen LogP) is 4.78. The molecule has 3 atom stereocenters. The topological polar surface area (TPSA) is 109 Å². The molecule has 2 fully saturated rings. The third-order valence-electron chi connectivity index (χ3n) is 7.18. The van der Waals surface area contributed by atoms with Gasteiger partial charge in [0.2, 0.25) is 5.91 Å². The second-order valence-corrected chi connectivity index (χ2v) is 10.2. The van der Waals surface area contributed by atoms with E-state index in [9.17, 15) is 22.8 Å². The minimum Gasteiger partial charge on any atom is -0.493 e. The van der Waals surface area contributed by atoms with Crippen LogP contribution in [0.15, 0.2) is 24.5 Å². The first kappa shape index (κ1) is 26.0. The van der Waals surface area contributed by atoms with E-state index in [-0.39, 0.29) is 23.5 Å². The lowest BCUT2D eigenvalue weighted by molar-refractivity contribution is -0.120. The summed E-state index contributed by atoms with van der Waals surface area (Å²) in [5.74, 6) is 0.193. The van der Waals surface area contributed by atoms with Crippen molar-refractivity contribution in [1.82, 2.24) is 25.6 Å². The highest BCUT2D eigenvalue weighted by atomic mass is 19.3. The summed E-state index contributed by atoms with van der Waals surface area (Å²) in [5.41, 5.74) is 2.15. The molecule has 1 aromatic carbocycles. The number of aromatic nitrogens is 3. The summed E-state index contributed by atoms with van der Waals surface area (Å²) < 4.78 is 47.7. The summed E-state index contributed by atoms with van der Waals surface area (Å²) >= 11 is 0. The molecule has 0 aliphatic heterocycles. The summed E-state index contributed by atoms with van der Waals surface area (Å²) in [5, 5.41) is 5.51. The largest absolute Gasteiger partial charge is 0.493 e. The molecule has 0 saturated heterocycles. The third-order valence-corrected chi connectivity index (χ3v) is 7.18. The summed E-state index contributed by atoms with van der Waals surface area (Å²) in [6, 6.07) is 3.26. The van der Waals surface area contributed by atoms with Gasteiger partial charge in [0.05, 0.1) is 23.7 Å². The fraction of sp³-hybridized carbons (Fsp3) is 0.481. The number of rotatable bonds is 8. The number of carbonyl (C=O) groups is 2. The van der Waals surface area contributed by atoms with Gasteiger partial charge in [-0.25, -0.2) is 23.1 Å². The van der Waals surface area contributed by atoms with Crippen LogP contribution in [0.4, 0.5) is 13.2 Å². The van der Waals surface area contributed by atoms with E-state index in [1.165, 1.54) is 31.5 Å². The van der Waals surface area contributed by atoms with E-state index in [2.05, 4.69) is 25.6 Å². The molecule has 3 N–H and O–H groups in total. The highest BCUT2D eigenvalue weighted by Crippen LogP contribution is 2.38. The highest BCUT2D eigenvalue weighted by Gasteiger charge is 2.33. The van der Waals surface area contributed by atoms with Crippen molar-refractivity contribution in [3.63, 3.8) is 0 Å². The number of nitrogens with one attached hydrogen (secondary N) is 3. The first-order chi connectivity index (χ1) is 18.2. The standard InChI is InChI=1S/C27H30F3N5O3/c1-13-22(27(37)35-17-6-7-20(19(28)10-17)34-14(2)36)24-25(33-13)23(31-12-32-24)18-9-16(26(29)30)5-8-21(18)38-11-15-3-4-15/h5,8-9,12,15,17,19-20,26,33H,3-4,6-7,10-11H2,1-2H3,(H,34,36)(H,35,37)/t17-,19-,20-/m1/s1. The van der Waals surface area contributed by atoms with Crippen molar-refractivity contribution in [3.05, 3.63) is 41.3 Å². The van der Waals surface area contributed by atoms with Crippen LogP contribution in [0, 0.1) is 12.8 Å². The maximum Gasteiger partial charge on any atom is 0.263 e. The maximum atomic E-state index is 14.6. The van der Waals surface area contributed by atoms with Crippen molar-refractivity contribution < 1.29 is 27.5 Å². The molecular weight excluding hydrogens is 499 g/mol. The molecule has 202 valence electrons. The lowest BCUT2D eigenvalue weighted by atomic mass is 9.89. The van der Waals surface area contributed by atoms with Crippen LogP contribution in [0.25, 0.3) is 22.3 Å². The second kappa shape index (κ2) is 10.6. The molecule has 2 aromatic heterocycles. The van der Waals surface area contributed by atoms with Crippen molar-refractivity contribution in [1.29, 1.82) is 0 Å². The van der Waals surface area contributed by atoms with Crippen LogP contribution in [0.5, 0.6) is 5.75 Å². The van der Waals surface area contributed by atoms with Crippen LogP contribution < -0.4 is 15.4 Å². The quantitative estimate of drug-likeness (QED) is 0.389. The van der Waals surface area contributed by atoms with E-state index in [4.69, 9.17) is 4.74 Å². The lowest BCUT2D eigenvalue weighted by Gasteiger charge is -2.32. The SMILES string of the molecule is CC(=O)N[C@@H]1CC[C@@H](NC(=O)c2c(C)[nH]c3c(-c4cc(C(F)F)ccc4OCC4CC4)ncnc23)C[C@H]1F. The Hall–Kier alpha value is -3.63. The molecule has 8 nitrogen and oxygen atoms in total. The minimum atomic E-state index is -2.67. The summed E-state index contributed by atoms with van der Waals surface area (Å²) in [4.78, 5) is 36.4. The van der Waals surface area contributed by atoms with E-state index in [1.807, 2.05) is 0 Å². The fourth-order valence-corrected chi connectivity index (χ4v) is 5.02. The molecule has 0 unspecified atom stereocenters. The van der Waals surface area contributed by atoms with Gasteiger partial charge < -0.3 is 20.4 Å². The van der Waals surface area contributed by atoms with Gasteiger partial charge in [0.15, 0.2) is 0 Å². The van der Waals surface area contributed by atoms with Crippen LogP contribution in [-0.4, -0.2) is 51.6 Å². The van der Waals surface area contributed by atoms with E-state index < -0.39 is 30.6 Å². The molecule has 0 spiro atoms. The highest BCUT2D eigenvalue weighted by molar-refractivity contribution is 6.09. The Morgan fingerprint density at radius 3 is 2.63 bits per heavy atom. The number of hydrogen-bond acceptors (Lipinski definition) is 5. The molecule has 38 heavy (non-hydrogen) atoms. The lowest BCUT2D eigenvalue weighted by Crippen LogP contribution is -2.49. The molecule has 5 rings (SSSR count). The number of halogens is 3. The van der Waals surface area contributed by atoms with Crippen molar-refractivity contribution in [2.45, 2.75) is 70.6 Å². The molecule has 3 aromatic rings. The first-order valence-corrected chi connectivity index (χ1v) is 12.8. The molecule has 2 aliphatic carbocycles. The van der Waals surface area contributed by atoms with Gasteiger partial charge in [-0.2, -0.15) is 0 Å². The summed E-state index contributed by atoms with van der Waals surface area (Å²) in [6.07, 6.45) is 0.513. The normalized spacial score (nSPS) is 21.5. The number of amides is 2. The third kappa shape index (κ3) is 5.46. The fourth-order valence-electron chi connectivity index (χ4n) is 5.02. The summed E-state index contributed by atoms with van der Waals surface area (Å²) in [6.45, 7) is 3.56. The predicted molar refractivity (Wildman–Crippen MR) is 135 cm³/mol. The summed E-state index contributed by atoms with van der Waals surface area (Å²) in [7, 11) is 0. The number of ether oxygens (including phenoxy) is 1. The van der Waals surface area contributed by atoms with Crippen LogP contribution in [0.1, 0.15) is 67.1 Å². The van der Waals surface area contributed by atoms with Crippen LogP contribution in [-0.2, 0) is 4.79 Å². The number of benzene rings is 1. The van der Waals surface area contributed by atoms with Crippen LogP contribution in [0.2, 0.25) is 0 Å². The van der Waals surface area contributed by atoms with Gasteiger partial charge in [-0.3, -0.25) is 9.59 Å². The second-order valence-electron chi connectivity index (χ2n) is 10.2. The van der Waals surface area contributed by atoms with Gasteiger partial charge in [0.1, 0.15) is 29.5 Å². The van der Waals surface area contributed by atoms with E-state index in [0.717, 1.165) is 12.8 Å². The van der Waals surface area contributed by atoms with E-state index in [1.54, 1.807) is 6.92 Å². The van der Waals surface area contributed by atoms with Crippen molar-refractivity contribution >= 4 is 22.8 Å². The number of aryl methyl sites for hydroxylation is 1. The number of H-pyrrole nitrogens is 1. The maximum absolute atomic E-state index is 14.6. The molecule has 2 saturated carbocycles. The Morgan fingerprint density at radius 1 is 1.16 bits per heavy atom. The van der Waals surface area contributed by atoms with Crippen LogP contribution >= 0.6 is 0 Å². The van der Waals surface area contributed by atoms with E-state index >= 15 is 0 Å². The van der Waals surface area contributed by atoms with Gasteiger partial charge in [-0.1, -0.05) is 0 Å². The van der Waals surface area contributed by atoms with E-state index in [0.29, 0.717) is 59.1 Å². The zero-order valence-corrected chi connectivity index (χ0v) is 21.2. The van der Waals surface area contributed by atoms with Gasteiger partial charge in [-0.15, -0.1) is 0 Å². The van der Waals surface area contributed by atoms with Gasteiger partial charge in [0.25, 0.3) is 12.3 Å². The van der Waals surface area contributed by atoms with Gasteiger partial charge in [0, 0.05) is 36.2 Å². The smallest absolute Gasteiger partial charge is 0.263 e. The average molecular weight is 530 g/mol. The zero-order chi connectivity index (χ0) is 27.0. The number of hydrogen-bond donors (Lipinski definition) is 3. The van der Waals surface area contributed by atoms with Crippen molar-refractivity contribution in [2.75, 3.05) is 6.61 Å². The molecular formula is C27H30F3N5O3. The Balaban J connectivity index is 1.43. The molecule has 11 heteroatoms. The average Bonchev–Trinajstić information content (AvgIpc) is 3.63. The first-order valence-electron chi connectivity index (χ1n) is 12.8. The van der Waals surface area contributed by atoms with Gasteiger partial charge >= 0.3 is 0 Å². The Labute approximate surface area is 217 Å². The Morgan fingerprint density at radius 2 is 1.95 bits per heavy atom. The zero-order valence-electron chi connectivity index (χ0n) is 21.2. The minimum absolute atomic E-state index is 0.0838. The van der Waals surface area contributed by atoms with Crippen LogP contribution in [0.3, 0.4) is 0 Å². The van der Waals surface area contributed by atoms with Crippen molar-refractivity contribution in [3.8, 4) is 17.0 Å². The number of fused-ring (bicyclic) bond motifs is 1. The number of alkyl halides is 3. The number of aromatic amines is 1. The Kier molecular flexibility index (Phi) is 7.27. The molecule has 0 radical (unpaired) electrons. The molecule has 2 aliphatic rings. The number of nitrogens with zero attached hydrogens (tertiary/aromatic N) is 2. The Bertz CT molecular complexity index is 1360. The molecule has 2 heterocycles.